The minimum Gasteiger partial charge on any atom is -0.352 e. The van der Waals surface area contributed by atoms with Crippen LogP contribution in [0.15, 0.2) is 30.5 Å². The molecule has 1 aliphatic rings. The molecular weight excluding hydrogens is 406 g/mol. The highest BCUT2D eigenvalue weighted by atomic mass is 32.1. The van der Waals surface area contributed by atoms with Crippen LogP contribution in [0.3, 0.4) is 0 Å². The number of thiophene rings is 1. The molecule has 2 aromatic rings. The number of nitrogens with zero attached hydrogens (tertiary/aromatic N) is 2. The molecule has 2 aromatic heterocycles. The Morgan fingerprint density at radius 1 is 1.33 bits per heavy atom. The van der Waals surface area contributed by atoms with Crippen LogP contribution in [0, 0.1) is 17.5 Å². The third kappa shape index (κ3) is 4.49. The molecule has 164 valence electrons. The van der Waals surface area contributed by atoms with Crippen LogP contribution in [0.1, 0.15) is 49.7 Å². The largest absolute Gasteiger partial charge is 0.352 e. The molecule has 5 nitrogen and oxygen atoms in total. The fourth-order valence-corrected chi connectivity index (χ4v) is 5.12. The summed E-state index contributed by atoms with van der Waals surface area (Å²) in [5, 5.41) is 2.07. The Labute approximate surface area is 180 Å². The molecule has 1 unspecified atom stereocenters. The van der Waals surface area contributed by atoms with Crippen molar-refractivity contribution in [2.24, 2.45) is 11.1 Å². The normalized spacial score (nSPS) is 22.1. The van der Waals surface area contributed by atoms with E-state index in [0.717, 1.165) is 27.5 Å². The van der Waals surface area contributed by atoms with E-state index in [-0.39, 0.29) is 10.7 Å². The van der Waals surface area contributed by atoms with Crippen molar-refractivity contribution in [3.05, 3.63) is 51.7 Å². The van der Waals surface area contributed by atoms with Gasteiger partial charge in [0, 0.05) is 34.3 Å². The van der Waals surface area contributed by atoms with Crippen LogP contribution >= 0.6 is 11.3 Å². The maximum Gasteiger partial charge on any atom is 0.314 e. The predicted octanol–water partition coefficient (Wildman–Crippen LogP) is 4.50. The number of likely N-dealkylation sites (tertiary alicyclic amines) is 1. The average molecular weight is 437 g/mol. The summed E-state index contributed by atoms with van der Waals surface area (Å²) in [6.45, 7) is 8.63. The predicted molar refractivity (Wildman–Crippen MR) is 115 cm³/mol. The molecular formula is C22H30F2N4OS. The van der Waals surface area contributed by atoms with Crippen LogP contribution in [0.4, 0.5) is 13.6 Å². The fourth-order valence-electron chi connectivity index (χ4n) is 4.40. The summed E-state index contributed by atoms with van der Waals surface area (Å²) in [6, 6.07) is 6.30. The SMILES string of the molecule is Cc1ccc(C(C)(C)N2CC[C@@](CCc3ccc(F)s3)(C(C)(F)NC(N)=O)C2)cn1. The third-order valence-corrected chi connectivity index (χ3v) is 7.53. The maximum atomic E-state index is 15.9. The van der Waals surface area contributed by atoms with Crippen LogP contribution in [0.25, 0.3) is 0 Å². The molecule has 0 aliphatic carbocycles. The van der Waals surface area contributed by atoms with E-state index in [9.17, 15) is 9.18 Å². The van der Waals surface area contributed by atoms with Gasteiger partial charge in [-0.15, -0.1) is 11.3 Å². The highest BCUT2D eigenvalue weighted by molar-refractivity contribution is 7.10. The Morgan fingerprint density at radius 3 is 2.63 bits per heavy atom. The zero-order valence-electron chi connectivity index (χ0n) is 18.0. The summed E-state index contributed by atoms with van der Waals surface area (Å²) >= 11 is 1.08. The summed E-state index contributed by atoms with van der Waals surface area (Å²) in [6.07, 6.45) is 3.42. The lowest BCUT2D eigenvalue weighted by Gasteiger charge is -2.43. The molecule has 0 radical (unpaired) electrons. The number of alkyl halides is 1. The molecule has 0 bridgehead atoms. The minimum absolute atomic E-state index is 0.252. The topological polar surface area (TPSA) is 71.2 Å². The average Bonchev–Trinajstić information content (AvgIpc) is 3.27. The van der Waals surface area contributed by atoms with Gasteiger partial charge >= 0.3 is 6.03 Å². The molecule has 1 aliphatic heterocycles. The Balaban J connectivity index is 1.87. The summed E-state index contributed by atoms with van der Waals surface area (Å²) in [5.41, 5.74) is 6.06. The number of nitrogens with two attached hydrogens (primary N) is 1. The molecule has 8 heteroatoms. The molecule has 2 amide bonds. The van der Waals surface area contributed by atoms with Crippen LogP contribution < -0.4 is 11.1 Å². The Kier molecular flexibility index (Phi) is 6.20. The number of nitrogens with one attached hydrogen (secondary N) is 1. The molecule has 3 rings (SSSR count). The van der Waals surface area contributed by atoms with Gasteiger partial charge in [0.05, 0.1) is 0 Å². The second-order valence-electron chi connectivity index (χ2n) is 8.90. The van der Waals surface area contributed by atoms with E-state index in [1.165, 1.54) is 13.0 Å². The zero-order valence-corrected chi connectivity index (χ0v) is 18.8. The molecule has 30 heavy (non-hydrogen) atoms. The first-order valence-corrected chi connectivity index (χ1v) is 11.0. The number of aromatic nitrogens is 1. The molecule has 2 atom stereocenters. The van der Waals surface area contributed by atoms with E-state index in [2.05, 4.69) is 29.0 Å². The van der Waals surface area contributed by atoms with Crippen molar-refractivity contribution in [2.45, 2.75) is 58.3 Å². The number of carbonyl (C=O) groups excluding carboxylic acids is 1. The Hall–Kier alpha value is -2.06. The van der Waals surface area contributed by atoms with Crippen LogP contribution in [0.2, 0.25) is 0 Å². The van der Waals surface area contributed by atoms with Crippen LogP contribution in [-0.4, -0.2) is 34.8 Å². The fraction of sp³-hybridized carbons (Fsp3) is 0.545. The number of halogens is 2. The highest BCUT2D eigenvalue weighted by Gasteiger charge is 2.55. The van der Waals surface area contributed by atoms with Crippen molar-refractivity contribution < 1.29 is 13.6 Å². The number of pyridine rings is 1. The van der Waals surface area contributed by atoms with Crippen molar-refractivity contribution >= 4 is 17.4 Å². The second kappa shape index (κ2) is 8.23. The molecule has 0 saturated carbocycles. The number of primary amides is 1. The number of carbonyl (C=O) groups is 1. The standard InChI is InChI=1S/C22H30F2N4OS/c1-15-5-6-16(13-26-15)20(2,3)28-12-11-22(14-28,21(4,24)27-19(25)29)10-9-17-7-8-18(23)30-17/h5-8,13H,9-12,14H2,1-4H3,(H3,25,27,29)/t21?,22-/m1/s1. The van der Waals surface area contributed by atoms with Crippen molar-refractivity contribution in [1.82, 2.24) is 15.2 Å². The van der Waals surface area contributed by atoms with Gasteiger partial charge in [-0.2, -0.15) is 4.39 Å². The van der Waals surface area contributed by atoms with Gasteiger partial charge in [0.15, 0.2) is 10.9 Å². The second-order valence-corrected chi connectivity index (χ2v) is 10.0. The van der Waals surface area contributed by atoms with Gasteiger partial charge in [0.1, 0.15) is 0 Å². The first-order valence-electron chi connectivity index (χ1n) is 10.1. The van der Waals surface area contributed by atoms with E-state index in [0.29, 0.717) is 32.4 Å². The first kappa shape index (κ1) is 22.6. The molecule has 3 N–H and O–H groups in total. The zero-order chi connectivity index (χ0) is 22.2. The van der Waals surface area contributed by atoms with Crippen molar-refractivity contribution in [1.29, 1.82) is 0 Å². The molecule has 0 spiro atoms. The van der Waals surface area contributed by atoms with Crippen LogP contribution in [0.5, 0.6) is 0 Å². The van der Waals surface area contributed by atoms with E-state index in [4.69, 9.17) is 5.73 Å². The lowest BCUT2D eigenvalue weighted by atomic mass is 9.74. The third-order valence-electron chi connectivity index (χ3n) is 6.59. The molecule has 1 saturated heterocycles. The summed E-state index contributed by atoms with van der Waals surface area (Å²) in [5.74, 6) is -2.00. The molecule has 1 fully saturated rings. The van der Waals surface area contributed by atoms with Crippen molar-refractivity contribution in [3.63, 3.8) is 0 Å². The van der Waals surface area contributed by atoms with Gasteiger partial charge in [0.2, 0.25) is 0 Å². The maximum absolute atomic E-state index is 15.9. The Morgan fingerprint density at radius 2 is 2.07 bits per heavy atom. The first-order chi connectivity index (χ1) is 13.9. The minimum atomic E-state index is -2.00. The van der Waals surface area contributed by atoms with E-state index < -0.39 is 17.2 Å². The van der Waals surface area contributed by atoms with Crippen molar-refractivity contribution in [2.75, 3.05) is 13.1 Å². The van der Waals surface area contributed by atoms with Gasteiger partial charge in [-0.25, -0.2) is 9.18 Å². The summed E-state index contributed by atoms with van der Waals surface area (Å²) < 4.78 is 29.3. The lowest BCUT2D eigenvalue weighted by molar-refractivity contribution is -0.0206. The number of urea groups is 1. The van der Waals surface area contributed by atoms with Gasteiger partial charge in [-0.05, 0) is 77.3 Å². The molecule has 0 aromatic carbocycles. The van der Waals surface area contributed by atoms with Gasteiger partial charge in [-0.3, -0.25) is 9.88 Å². The smallest absolute Gasteiger partial charge is 0.314 e. The summed E-state index contributed by atoms with van der Waals surface area (Å²) in [4.78, 5) is 19.0. The number of rotatable bonds is 7. The number of aryl methyl sites for hydroxylation is 2. The van der Waals surface area contributed by atoms with Gasteiger partial charge in [-0.1, -0.05) is 6.07 Å². The Bertz CT molecular complexity index is 897. The number of hydrogen-bond acceptors (Lipinski definition) is 4. The van der Waals surface area contributed by atoms with E-state index >= 15 is 4.39 Å². The van der Waals surface area contributed by atoms with E-state index in [1.54, 1.807) is 6.07 Å². The van der Waals surface area contributed by atoms with Crippen molar-refractivity contribution in [3.8, 4) is 0 Å². The summed E-state index contributed by atoms with van der Waals surface area (Å²) in [7, 11) is 0. The lowest BCUT2D eigenvalue weighted by Crippen LogP contribution is -2.58. The monoisotopic (exact) mass is 436 g/mol. The quantitative estimate of drug-likeness (QED) is 0.628. The number of hydrogen-bond donors (Lipinski definition) is 2. The molecule has 3 heterocycles. The highest BCUT2D eigenvalue weighted by Crippen LogP contribution is 2.48. The van der Waals surface area contributed by atoms with E-state index in [1.807, 2.05) is 25.3 Å². The number of amides is 2. The van der Waals surface area contributed by atoms with Gasteiger partial charge < -0.3 is 11.1 Å². The van der Waals surface area contributed by atoms with Crippen LogP contribution in [-0.2, 0) is 12.0 Å². The van der Waals surface area contributed by atoms with Gasteiger partial charge in [0.25, 0.3) is 0 Å².